The van der Waals surface area contributed by atoms with E-state index in [0.717, 1.165) is 6.07 Å². The van der Waals surface area contributed by atoms with Gasteiger partial charge >= 0.3 is 6.09 Å². The van der Waals surface area contributed by atoms with Gasteiger partial charge < -0.3 is 4.74 Å². The van der Waals surface area contributed by atoms with E-state index in [0.29, 0.717) is 4.90 Å². The Kier molecular flexibility index (Phi) is 7.39. The molecule has 0 unspecified atom stereocenters. The van der Waals surface area contributed by atoms with E-state index in [1.54, 1.807) is 0 Å². The minimum atomic E-state index is -4.78. The Morgan fingerprint density at radius 2 is 1.38 bits per heavy atom. The van der Waals surface area contributed by atoms with Crippen molar-refractivity contribution in [2.75, 3.05) is 4.90 Å². The van der Waals surface area contributed by atoms with E-state index in [1.165, 1.54) is 93.6 Å². The number of alkyl halides is 1. The molecule has 0 fully saturated rings. The largest absolute Gasteiger partial charge is 0.443 e. The van der Waals surface area contributed by atoms with Gasteiger partial charge in [-0.25, -0.2) is 30.9 Å². The van der Waals surface area contributed by atoms with Crippen LogP contribution >= 0.6 is 11.6 Å². The molecule has 1 aliphatic rings. The van der Waals surface area contributed by atoms with Crippen LogP contribution in [-0.4, -0.2) is 39.0 Å². The number of fused-ring (bicyclic) bond motifs is 1. The normalized spacial score (nSPS) is 17.8. The molecule has 12 heteroatoms. The van der Waals surface area contributed by atoms with Gasteiger partial charge in [-0.3, -0.25) is 4.79 Å². The molecule has 0 N–H and O–H groups in total. The first-order valence-electron chi connectivity index (χ1n) is 11.7. The Balaban J connectivity index is 1.92. The van der Waals surface area contributed by atoms with Crippen molar-refractivity contribution in [2.24, 2.45) is 0 Å². The van der Waals surface area contributed by atoms with Crippen LogP contribution in [-0.2, 0) is 34.9 Å². The maximum absolute atomic E-state index is 17.1. The van der Waals surface area contributed by atoms with E-state index in [4.69, 9.17) is 16.3 Å². The number of ether oxygens (including phenoxy) is 1. The molecule has 2 amide bonds. The van der Waals surface area contributed by atoms with Crippen LogP contribution in [0.25, 0.3) is 0 Å². The molecule has 39 heavy (non-hydrogen) atoms. The third kappa shape index (κ3) is 5.18. The highest BCUT2D eigenvalue weighted by atomic mass is 35.5. The highest BCUT2D eigenvalue weighted by Gasteiger charge is 2.59. The first-order chi connectivity index (χ1) is 18.1. The van der Waals surface area contributed by atoms with Gasteiger partial charge in [0.25, 0.3) is 5.91 Å². The van der Waals surface area contributed by atoms with E-state index in [2.05, 4.69) is 0 Å². The van der Waals surface area contributed by atoms with Crippen LogP contribution in [0.3, 0.4) is 0 Å². The summed E-state index contributed by atoms with van der Waals surface area (Å²) in [5.41, 5.74) is -5.11. The van der Waals surface area contributed by atoms with Crippen LogP contribution < -0.4 is 4.90 Å². The smallest absolute Gasteiger partial charge is 0.421 e. The molecule has 0 spiro atoms. The van der Waals surface area contributed by atoms with E-state index >= 15 is 4.39 Å². The Hall–Kier alpha value is -3.28. The number of carbonyl (C=O) groups excluding carboxylic acids is 2. The average molecular weight is 594 g/mol. The van der Waals surface area contributed by atoms with Crippen LogP contribution in [0.5, 0.6) is 0 Å². The molecule has 206 valence electrons. The molecule has 0 aromatic heterocycles. The van der Waals surface area contributed by atoms with Gasteiger partial charge in [-0.1, -0.05) is 60.1 Å². The van der Waals surface area contributed by atoms with Crippen LogP contribution in [0.15, 0.2) is 88.7 Å². The molecule has 0 radical (unpaired) electrons. The highest BCUT2D eigenvalue weighted by molar-refractivity contribution is 8.09. The molecule has 0 bridgehead atoms. The number of nitrogens with zero attached hydrogens (tertiary/aromatic N) is 1. The molecule has 1 heterocycles. The first kappa shape index (κ1) is 28.7. The van der Waals surface area contributed by atoms with Gasteiger partial charge in [0, 0.05) is 12.0 Å². The maximum Gasteiger partial charge on any atom is 0.421 e. The molecule has 0 aliphatic carbocycles. The van der Waals surface area contributed by atoms with Crippen molar-refractivity contribution in [1.82, 2.24) is 0 Å². The summed E-state index contributed by atoms with van der Waals surface area (Å²) in [4.78, 5) is 26.3. The third-order valence-electron chi connectivity index (χ3n) is 6.04. The Morgan fingerprint density at radius 1 is 0.897 bits per heavy atom. The lowest BCUT2D eigenvalue weighted by molar-refractivity contribution is -0.129. The van der Waals surface area contributed by atoms with Gasteiger partial charge in [0.2, 0.25) is 5.67 Å². The molecular formula is C27H25ClFNO7S2. The van der Waals surface area contributed by atoms with Gasteiger partial charge in [0.05, 0.1) is 20.5 Å². The number of carbonyl (C=O) groups is 2. The van der Waals surface area contributed by atoms with Gasteiger partial charge in [-0.05, 0) is 51.1 Å². The number of halogens is 2. The van der Waals surface area contributed by atoms with E-state index in [9.17, 15) is 26.4 Å². The number of hydrogen-bond acceptors (Lipinski definition) is 7. The zero-order chi connectivity index (χ0) is 28.8. The molecule has 8 nitrogen and oxygen atoms in total. The number of benzene rings is 3. The Morgan fingerprint density at radius 3 is 1.85 bits per heavy atom. The molecule has 0 saturated carbocycles. The van der Waals surface area contributed by atoms with E-state index < -0.39 is 59.5 Å². The minimum absolute atomic E-state index is 0.181. The molecule has 4 rings (SSSR count). The summed E-state index contributed by atoms with van der Waals surface area (Å²) in [6, 6.07) is 17.2. The number of rotatable bonds is 6. The standard InChI is InChI=1S/C27H25ClFNO7S2/c1-26(2,3)37-25(32)30-23-20(15-10-16-21(23)28)27(29,24(30)31)17-22(38(33,34)18-11-6-4-7-12-18)39(35,36)19-13-8-5-9-14-19/h4-16,22H,17H2,1-3H3/t27-/m0/s1. The fourth-order valence-electron chi connectivity index (χ4n) is 4.28. The molecule has 3 aromatic carbocycles. The van der Waals surface area contributed by atoms with Crippen LogP contribution in [0, 0.1) is 0 Å². The second-order valence-electron chi connectivity index (χ2n) is 9.91. The molecule has 3 aromatic rings. The van der Waals surface area contributed by atoms with Crippen molar-refractivity contribution in [1.29, 1.82) is 0 Å². The van der Waals surface area contributed by atoms with Gasteiger partial charge in [-0.15, -0.1) is 0 Å². The number of hydrogen-bond donors (Lipinski definition) is 0. The van der Waals surface area contributed by atoms with Gasteiger partial charge in [0.1, 0.15) is 5.60 Å². The number of para-hydroxylation sites is 1. The lowest BCUT2D eigenvalue weighted by Gasteiger charge is -2.27. The Bertz CT molecular complexity index is 1570. The summed E-state index contributed by atoms with van der Waals surface area (Å²) in [6.07, 6.45) is -2.58. The van der Waals surface area contributed by atoms with Crippen LogP contribution in [0.4, 0.5) is 14.9 Å². The van der Waals surface area contributed by atoms with Gasteiger partial charge in [-0.2, -0.15) is 0 Å². The number of anilines is 1. The van der Waals surface area contributed by atoms with Crippen molar-refractivity contribution >= 4 is 49.0 Å². The summed E-state index contributed by atoms with van der Waals surface area (Å²) in [6.45, 7) is 4.61. The zero-order valence-corrected chi connectivity index (χ0v) is 23.6. The summed E-state index contributed by atoms with van der Waals surface area (Å²) < 4.78 is 75.1. The number of amides is 2. The lowest BCUT2D eigenvalue weighted by atomic mass is 9.94. The first-order valence-corrected chi connectivity index (χ1v) is 15.2. The Labute approximate surface area is 231 Å². The predicted octanol–water partition coefficient (Wildman–Crippen LogP) is 5.45. The predicted molar refractivity (Wildman–Crippen MR) is 144 cm³/mol. The topological polar surface area (TPSA) is 115 Å². The average Bonchev–Trinajstić information content (AvgIpc) is 3.10. The SMILES string of the molecule is CC(C)(C)OC(=O)N1C(=O)[C@](F)(CC(S(=O)(=O)c2ccccc2)S(=O)(=O)c2ccccc2)c2cccc(Cl)c21. The van der Waals surface area contributed by atoms with Crippen molar-refractivity contribution in [3.8, 4) is 0 Å². The fraction of sp³-hybridized carbons (Fsp3) is 0.259. The van der Waals surface area contributed by atoms with Gasteiger partial charge in [0.15, 0.2) is 24.3 Å². The van der Waals surface area contributed by atoms with Crippen molar-refractivity contribution in [2.45, 2.75) is 52.8 Å². The second kappa shape index (κ2) is 10.0. The summed E-state index contributed by atoms with van der Waals surface area (Å²) >= 11 is 6.28. The van der Waals surface area contributed by atoms with Crippen LogP contribution in [0.1, 0.15) is 32.8 Å². The van der Waals surface area contributed by atoms with E-state index in [1.807, 2.05) is 0 Å². The quantitative estimate of drug-likeness (QED) is 0.373. The number of sulfone groups is 2. The second-order valence-corrected chi connectivity index (χ2v) is 14.9. The summed E-state index contributed by atoms with van der Waals surface area (Å²) in [7, 11) is -9.57. The summed E-state index contributed by atoms with van der Waals surface area (Å²) in [5, 5.41) is -0.181. The monoisotopic (exact) mass is 593 g/mol. The van der Waals surface area contributed by atoms with Crippen molar-refractivity contribution in [3.05, 3.63) is 89.4 Å². The van der Waals surface area contributed by atoms with Crippen LogP contribution in [0.2, 0.25) is 5.02 Å². The molecule has 0 saturated heterocycles. The number of imide groups is 1. The molecule has 1 aliphatic heterocycles. The van der Waals surface area contributed by atoms with Crippen molar-refractivity contribution in [3.63, 3.8) is 0 Å². The molecule has 1 atom stereocenters. The lowest BCUT2D eigenvalue weighted by Crippen LogP contribution is -2.46. The minimum Gasteiger partial charge on any atom is -0.443 e. The zero-order valence-electron chi connectivity index (χ0n) is 21.2. The summed E-state index contributed by atoms with van der Waals surface area (Å²) in [5.74, 6) is -1.50. The third-order valence-corrected chi connectivity index (χ3v) is 11.4. The van der Waals surface area contributed by atoms with E-state index in [-0.39, 0.29) is 20.5 Å². The fourth-order valence-corrected chi connectivity index (χ4v) is 9.11. The highest BCUT2D eigenvalue weighted by Crippen LogP contribution is 2.51. The molecular weight excluding hydrogens is 569 g/mol. The van der Waals surface area contributed by atoms with Crippen molar-refractivity contribution < 1.29 is 35.6 Å². The maximum atomic E-state index is 17.1.